The minimum atomic E-state index is -1.27. The molecule has 4 aromatic carbocycles. The second-order valence-electron chi connectivity index (χ2n) is 7.66. The summed E-state index contributed by atoms with van der Waals surface area (Å²) in [5, 5.41) is 9.34. The highest BCUT2D eigenvalue weighted by Crippen LogP contribution is 2.27. The van der Waals surface area contributed by atoms with Crippen LogP contribution in [0.15, 0.2) is 97.1 Å². The minimum Gasteiger partial charge on any atom is -0.496 e. The number of methoxy groups -OCH3 is 1. The fourth-order valence-corrected chi connectivity index (χ4v) is 3.46. The smallest absolute Gasteiger partial charge is 0.347 e. The van der Waals surface area contributed by atoms with Gasteiger partial charge in [0.1, 0.15) is 45.3 Å². The van der Waals surface area contributed by atoms with E-state index in [-0.39, 0.29) is 39.5 Å². The number of carboxylic acid groups (broad SMARTS) is 1. The molecule has 0 aliphatic rings. The van der Waals surface area contributed by atoms with Crippen molar-refractivity contribution in [2.24, 2.45) is 0 Å². The normalized spacial score (nSPS) is 10.2. The number of aromatic carboxylic acids is 1. The van der Waals surface area contributed by atoms with E-state index in [1.165, 1.54) is 73.8 Å². The van der Waals surface area contributed by atoms with Gasteiger partial charge in [-0.15, -0.1) is 0 Å². The van der Waals surface area contributed by atoms with Crippen LogP contribution >= 0.6 is 0 Å². The van der Waals surface area contributed by atoms with Gasteiger partial charge < -0.3 is 24.1 Å². The van der Waals surface area contributed by atoms with Crippen molar-refractivity contribution in [3.8, 4) is 23.0 Å². The molecule has 4 aromatic rings. The van der Waals surface area contributed by atoms with Crippen LogP contribution in [0.2, 0.25) is 0 Å². The lowest BCUT2D eigenvalue weighted by atomic mass is 10.1. The summed E-state index contributed by atoms with van der Waals surface area (Å²) < 4.78 is 21.4. The fourth-order valence-electron chi connectivity index (χ4n) is 3.46. The van der Waals surface area contributed by atoms with E-state index in [0.717, 1.165) is 0 Å². The van der Waals surface area contributed by atoms with Crippen molar-refractivity contribution in [2.45, 2.75) is 0 Å². The van der Waals surface area contributed by atoms with Crippen LogP contribution in [0.3, 0.4) is 0 Å². The van der Waals surface area contributed by atoms with Crippen molar-refractivity contribution >= 4 is 23.9 Å². The Kier molecular flexibility index (Phi) is 7.78. The van der Waals surface area contributed by atoms with Gasteiger partial charge in [-0.25, -0.2) is 19.2 Å². The number of hydrogen-bond donors (Lipinski definition) is 1. The average Bonchev–Trinajstić information content (AvgIpc) is 2.93. The van der Waals surface area contributed by atoms with Crippen LogP contribution in [0.5, 0.6) is 23.0 Å². The maximum Gasteiger partial charge on any atom is 0.347 e. The highest BCUT2D eigenvalue weighted by Gasteiger charge is 2.23. The molecule has 9 nitrogen and oxygen atoms in total. The predicted molar refractivity (Wildman–Crippen MR) is 134 cm³/mol. The first-order valence-corrected chi connectivity index (χ1v) is 11.2. The Labute approximate surface area is 216 Å². The third kappa shape index (κ3) is 5.68. The summed E-state index contributed by atoms with van der Waals surface area (Å²) >= 11 is 0. The van der Waals surface area contributed by atoms with Crippen LogP contribution in [-0.4, -0.2) is 36.1 Å². The lowest BCUT2D eigenvalue weighted by Crippen LogP contribution is -2.17. The number of esters is 3. The Morgan fingerprint density at radius 1 is 0.474 bits per heavy atom. The van der Waals surface area contributed by atoms with Crippen LogP contribution in [-0.2, 0) is 0 Å². The first kappa shape index (κ1) is 25.6. The van der Waals surface area contributed by atoms with Gasteiger partial charge in [-0.1, -0.05) is 48.5 Å². The zero-order valence-electron chi connectivity index (χ0n) is 20.0. The van der Waals surface area contributed by atoms with E-state index in [4.69, 9.17) is 18.9 Å². The van der Waals surface area contributed by atoms with Gasteiger partial charge in [0.05, 0.1) is 7.11 Å². The van der Waals surface area contributed by atoms with Crippen LogP contribution < -0.4 is 18.9 Å². The molecule has 4 rings (SSSR count). The molecule has 0 saturated heterocycles. The summed E-state index contributed by atoms with van der Waals surface area (Å²) in [5.74, 6) is -3.92. The van der Waals surface area contributed by atoms with Crippen molar-refractivity contribution < 1.29 is 43.2 Å². The summed E-state index contributed by atoms with van der Waals surface area (Å²) in [5.41, 5.74) is -0.242. The Bertz CT molecular complexity index is 1520. The Balaban J connectivity index is 1.56. The second-order valence-corrected chi connectivity index (χ2v) is 7.66. The summed E-state index contributed by atoms with van der Waals surface area (Å²) in [4.78, 5) is 50.2. The van der Waals surface area contributed by atoms with E-state index >= 15 is 0 Å². The van der Waals surface area contributed by atoms with Crippen LogP contribution in [0.1, 0.15) is 41.4 Å². The van der Waals surface area contributed by atoms with E-state index in [2.05, 4.69) is 0 Å². The number of para-hydroxylation sites is 4. The standard InChI is InChI=1S/C29H20O9/c1-35-22-14-6-3-11-19(22)27(32)37-24-16-8-5-13-21(24)29(34)38-25-17-9-4-12-20(25)28(33)36-23-15-7-2-10-18(23)26(30)31/h2-17H,1H3,(H,30,31). The molecule has 0 aromatic heterocycles. The molecule has 0 unspecified atom stereocenters. The Hall–Kier alpha value is -5.44. The quantitative estimate of drug-likeness (QED) is 0.255. The highest BCUT2D eigenvalue weighted by molar-refractivity contribution is 6.00. The molecule has 0 radical (unpaired) electrons. The largest absolute Gasteiger partial charge is 0.496 e. The molecule has 9 heteroatoms. The van der Waals surface area contributed by atoms with Gasteiger partial charge in [0.15, 0.2) is 0 Å². The lowest BCUT2D eigenvalue weighted by Gasteiger charge is -2.13. The van der Waals surface area contributed by atoms with Crippen molar-refractivity contribution in [2.75, 3.05) is 7.11 Å². The molecule has 1 N–H and O–H groups in total. The summed E-state index contributed by atoms with van der Waals surface area (Å²) in [7, 11) is 1.42. The zero-order valence-corrected chi connectivity index (χ0v) is 20.0. The van der Waals surface area contributed by atoms with Crippen molar-refractivity contribution in [1.29, 1.82) is 0 Å². The lowest BCUT2D eigenvalue weighted by molar-refractivity contribution is 0.0677. The van der Waals surface area contributed by atoms with Gasteiger partial charge in [0.2, 0.25) is 0 Å². The van der Waals surface area contributed by atoms with Gasteiger partial charge in [0.25, 0.3) is 0 Å². The molecule has 0 aliphatic carbocycles. The molecule has 0 bridgehead atoms. The molecular formula is C29H20O9. The average molecular weight is 512 g/mol. The van der Waals surface area contributed by atoms with E-state index in [1.54, 1.807) is 30.3 Å². The first-order chi connectivity index (χ1) is 18.4. The van der Waals surface area contributed by atoms with Crippen molar-refractivity contribution in [1.82, 2.24) is 0 Å². The van der Waals surface area contributed by atoms with Gasteiger partial charge in [-0.3, -0.25) is 0 Å². The Morgan fingerprint density at radius 3 is 1.13 bits per heavy atom. The van der Waals surface area contributed by atoms with Gasteiger partial charge in [-0.2, -0.15) is 0 Å². The number of ether oxygens (including phenoxy) is 4. The molecule has 190 valence electrons. The van der Waals surface area contributed by atoms with E-state index < -0.39 is 23.9 Å². The topological polar surface area (TPSA) is 125 Å². The number of hydrogen-bond acceptors (Lipinski definition) is 8. The van der Waals surface area contributed by atoms with Crippen molar-refractivity contribution in [3.05, 3.63) is 119 Å². The minimum absolute atomic E-state index is 0.0659. The SMILES string of the molecule is COc1ccccc1C(=O)Oc1ccccc1C(=O)Oc1ccccc1C(=O)Oc1ccccc1C(=O)O. The van der Waals surface area contributed by atoms with Gasteiger partial charge in [-0.05, 0) is 48.5 Å². The van der Waals surface area contributed by atoms with Gasteiger partial charge in [0, 0.05) is 0 Å². The second kappa shape index (κ2) is 11.5. The molecule has 0 aliphatic heterocycles. The number of benzene rings is 4. The molecular weight excluding hydrogens is 492 g/mol. The monoisotopic (exact) mass is 512 g/mol. The molecule has 0 spiro atoms. The number of carbonyl (C=O) groups is 4. The zero-order chi connectivity index (χ0) is 27.1. The number of carboxylic acids is 1. The first-order valence-electron chi connectivity index (χ1n) is 11.2. The molecule has 0 heterocycles. The van der Waals surface area contributed by atoms with E-state index in [1.807, 2.05) is 0 Å². The summed E-state index contributed by atoms with van der Waals surface area (Å²) in [6.07, 6.45) is 0. The summed E-state index contributed by atoms with van der Waals surface area (Å²) in [6, 6.07) is 23.9. The highest BCUT2D eigenvalue weighted by atomic mass is 16.6. The molecule has 0 atom stereocenters. The molecule has 0 saturated carbocycles. The Morgan fingerprint density at radius 2 is 0.763 bits per heavy atom. The predicted octanol–water partition coefficient (Wildman–Crippen LogP) is 5.05. The number of rotatable bonds is 8. The maximum absolute atomic E-state index is 13.1. The number of carbonyl (C=O) groups excluding carboxylic acids is 3. The van der Waals surface area contributed by atoms with Crippen molar-refractivity contribution in [3.63, 3.8) is 0 Å². The van der Waals surface area contributed by atoms with Crippen LogP contribution in [0.25, 0.3) is 0 Å². The van der Waals surface area contributed by atoms with E-state index in [0.29, 0.717) is 5.75 Å². The van der Waals surface area contributed by atoms with Crippen LogP contribution in [0.4, 0.5) is 0 Å². The molecule has 0 amide bonds. The third-order valence-corrected chi connectivity index (χ3v) is 5.27. The van der Waals surface area contributed by atoms with Gasteiger partial charge >= 0.3 is 23.9 Å². The molecule has 0 fully saturated rings. The summed E-state index contributed by atoms with van der Waals surface area (Å²) in [6.45, 7) is 0. The third-order valence-electron chi connectivity index (χ3n) is 5.27. The fraction of sp³-hybridized carbons (Fsp3) is 0.0345. The van der Waals surface area contributed by atoms with Crippen LogP contribution in [0, 0.1) is 0 Å². The van der Waals surface area contributed by atoms with E-state index in [9.17, 15) is 24.3 Å². The maximum atomic E-state index is 13.1. The molecule has 38 heavy (non-hydrogen) atoms.